The molecule has 144 valence electrons. The summed E-state index contributed by atoms with van der Waals surface area (Å²) in [5, 5.41) is 5.87. The summed E-state index contributed by atoms with van der Waals surface area (Å²) in [6.07, 6.45) is 4.50. The SMILES string of the molecule is CCOc1ccc(NC(=O)C2CCC(C(=O)NCc3ccco3)CC2)cc1. The van der Waals surface area contributed by atoms with Crippen LogP contribution in [0.4, 0.5) is 5.69 Å². The van der Waals surface area contributed by atoms with Crippen molar-refractivity contribution in [3.63, 3.8) is 0 Å². The number of rotatable bonds is 7. The highest BCUT2D eigenvalue weighted by molar-refractivity contribution is 5.92. The van der Waals surface area contributed by atoms with Gasteiger partial charge >= 0.3 is 0 Å². The van der Waals surface area contributed by atoms with Crippen LogP contribution in [0.5, 0.6) is 5.75 Å². The number of amides is 2. The fraction of sp³-hybridized carbons (Fsp3) is 0.429. The van der Waals surface area contributed by atoms with Crippen LogP contribution < -0.4 is 15.4 Å². The van der Waals surface area contributed by atoms with E-state index in [1.54, 1.807) is 12.3 Å². The second-order valence-corrected chi connectivity index (χ2v) is 6.79. The molecular formula is C21H26N2O4. The van der Waals surface area contributed by atoms with Gasteiger partial charge in [-0.05, 0) is 69.0 Å². The lowest BCUT2D eigenvalue weighted by molar-refractivity contribution is -0.128. The lowest BCUT2D eigenvalue weighted by Crippen LogP contribution is -2.35. The van der Waals surface area contributed by atoms with E-state index in [4.69, 9.17) is 9.15 Å². The van der Waals surface area contributed by atoms with Gasteiger partial charge in [0, 0.05) is 17.5 Å². The van der Waals surface area contributed by atoms with Gasteiger partial charge in [0.25, 0.3) is 0 Å². The second-order valence-electron chi connectivity index (χ2n) is 6.79. The maximum absolute atomic E-state index is 12.5. The Morgan fingerprint density at radius 3 is 2.30 bits per heavy atom. The summed E-state index contributed by atoms with van der Waals surface area (Å²) < 4.78 is 10.6. The molecule has 3 rings (SSSR count). The van der Waals surface area contributed by atoms with Crippen molar-refractivity contribution in [3.8, 4) is 5.75 Å². The summed E-state index contributed by atoms with van der Waals surface area (Å²) >= 11 is 0. The van der Waals surface area contributed by atoms with Gasteiger partial charge in [0.1, 0.15) is 11.5 Å². The minimum absolute atomic E-state index is 0.0219. The van der Waals surface area contributed by atoms with Gasteiger partial charge in [0.2, 0.25) is 11.8 Å². The van der Waals surface area contributed by atoms with Gasteiger partial charge in [-0.3, -0.25) is 9.59 Å². The van der Waals surface area contributed by atoms with Gasteiger partial charge in [-0.15, -0.1) is 0 Å². The zero-order valence-electron chi connectivity index (χ0n) is 15.6. The minimum atomic E-state index is -0.0503. The monoisotopic (exact) mass is 370 g/mol. The van der Waals surface area contributed by atoms with Crippen molar-refractivity contribution in [2.24, 2.45) is 11.8 Å². The highest BCUT2D eigenvalue weighted by Crippen LogP contribution is 2.30. The highest BCUT2D eigenvalue weighted by atomic mass is 16.5. The van der Waals surface area contributed by atoms with Crippen molar-refractivity contribution in [1.29, 1.82) is 0 Å². The molecule has 0 saturated heterocycles. The molecule has 1 aromatic heterocycles. The maximum atomic E-state index is 12.5. The van der Waals surface area contributed by atoms with Crippen molar-refractivity contribution in [2.75, 3.05) is 11.9 Å². The lowest BCUT2D eigenvalue weighted by atomic mass is 9.81. The predicted octanol–water partition coefficient (Wildman–Crippen LogP) is 3.74. The topological polar surface area (TPSA) is 80.6 Å². The Kier molecular flexibility index (Phi) is 6.52. The molecule has 0 unspecified atom stereocenters. The minimum Gasteiger partial charge on any atom is -0.494 e. The zero-order chi connectivity index (χ0) is 19.1. The largest absolute Gasteiger partial charge is 0.494 e. The van der Waals surface area contributed by atoms with E-state index >= 15 is 0 Å². The van der Waals surface area contributed by atoms with E-state index in [-0.39, 0.29) is 23.7 Å². The van der Waals surface area contributed by atoms with Gasteiger partial charge in [-0.1, -0.05) is 0 Å². The van der Waals surface area contributed by atoms with Gasteiger partial charge in [0.15, 0.2) is 0 Å². The summed E-state index contributed by atoms with van der Waals surface area (Å²) in [7, 11) is 0. The van der Waals surface area contributed by atoms with Crippen molar-refractivity contribution in [1.82, 2.24) is 5.32 Å². The standard InChI is InChI=1S/C21H26N2O4/c1-2-26-18-11-9-17(10-12-18)23-21(25)16-7-5-15(6-8-16)20(24)22-14-19-4-3-13-27-19/h3-4,9-13,15-16H,2,5-8,14H2,1H3,(H,22,24)(H,23,25). The summed E-state index contributed by atoms with van der Waals surface area (Å²) in [6, 6.07) is 11.0. The van der Waals surface area contributed by atoms with Crippen molar-refractivity contribution >= 4 is 17.5 Å². The van der Waals surface area contributed by atoms with Gasteiger partial charge in [-0.2, -0.15) is 0 Å². The number of furan rings is 1. The Morgan fingerprint density at radius 2 is 1.70 bits per heavy atom. The molecule has 0 aliphatic heterocycles. The van der Waals surface area contributed by atoms with Crippen LogP contribution in [0.3, 0.4) is 0 Å². The number of carbonyl (C=O) groups excluding carboxylic acids is 2. The van der Waals surface area contributed by atoms with E-state index in [9.17, 15) is 9.59 Å². The molecule has 0 spiro atoms. The molecule has 1 saturated carbocycles. The average Bonchev–Trinajstić information content (AvgIpc) is 3.21. The van der Waals surface area contributed by atoms with E-state index in [1.807, 2.05) is 37.3 Å². The Labute approximate surface area is 159 Å². The molecule has 27 heavy (non-hydrogen) atoms. The third-order valence-electron chi connectivity index (χ3n) is 4.92. The first kappa shape index (κ1) is 19.0. The molecule has 2 amide bonds. The molecule has 6 nitrogen and oxygen atoms in total. The first-order chi connectivity index (χ1) is 13.2. The molecule has 0 radical (unpaired) electrons. The lowest BCUT2D eigenvalue weighted by Gasteiger charge is -2.27. The van der Waals surface area contributed by atoms with Gasteiger partial charge in [-0.25, -0.2) is 0 Å². The van der Waals surface area contributed by atoms with E-state index in [0.29, 0.717) is 13.2 Å². The molecule has 6 heteroatoms. The summed E-state index contributed by atoms with van der Waals surface area (Å²) in [5.74, 6) is 1.51. The van der Waals surface area contributed by atoms with Crippen LogP contribution in [0.1, 0.15) is 38.4 Å². The normalized spacial score (nSPS) is 19.3. The molecule has 1 aliphatic carbocycles. The molecule has 1 aliphatic rings. The smallest absolute Gasteiger partial charge is 0.227 e. The fourth-order valence-electron chi connectivity index (χ4n) is 3.40. The Hall–Kier alpha value is -2.76. The van der Waals surface area contributed by atoms with Crippen LogP contribution in [0, 0.1) is 11.8 Å². The molecule has 0 atom stereocenters. The maximum Gasteiger partial charge on any atom is 0.227 e. The van der Waals surface area contributed by atoms with Crippen molar-refractivity contribution in [2.45, 2.75) is 39.2 Å². The van der Waals surface area contributed by atoms with Gasteiger partial charge < -0.3 is 19.8 Å². The van der Waals surface area contributed by atoms with Crippen LogP contribution in [0.2, 0.25) is 0 Å². The molecule has 2 N–H and O–H groups in total. The van der Waals surface area contributed by atoms with E-state index in [2.05, 4.69) is 10.6 Å². The first-order valence-corrected chi connectivity index (χ1v) is 9.49. The zero-order valence-corrected chi connectivity index (χ0v) is 15.6. The first-order valence-electron chi connectivity index (χ1n) is 9.49. The number of carbonyl (C=O) groups is 2. The van der Waals surface area contributed by atoms with Crippen LogP contribution in [0.25, 0.3) is 0 Å². The van der Waals surface area contributed by atoms with E-state index < -0.39 is 0 Å². The Morgan fingerprint density at radius 1 is 1.04 bits per heavy atom. The van der Waals surface area contributed by atoms with Crippen molar-refractivity contribution in [3.05, 3.63) is 48.4 Å². The molecule has 1 fully saturated rings. The quantitative estimate of drug-likeness (QED) is 0.778. The summed E-state index contributed by atoms with van der Waals surface area (Å²) in [6.45, 7) is 2.96. The molecule has 1 aromatic carbocycles. The molecule has 0 bridgehead atoms. The number of nitrogens with one attached hydrogen (secondary N) is 2. The van der Waals surface area contributed by atoms with Crippen molar-refractivity contribution < 1.29 is 18.7 Å². The van der Waals surface area contributed by atoms with Crippen LogP contribution in [-0.4, -0.2) is 18.4 Å². The Bertz CT molecular complexity index is 732. The molecule has 2 aromatic rings. The Balaban J connectivity index is 1.42. The third kappa shape index (κ3) is 5.36. The van der Waals surface area contributed by atoms with Gasteiger partial charge in [0.05, 0.1) is 19.4 Å². The number of anilines is 1. The summed E-state index contributed by atoms with van der Waals surface area (Å²) in [5.41, 5.74) is 0.766. The number of benzene rings is 1. The van der Waals surface area contributed by atoms with E-state index in [1.165, 1.54) is 0 Å². The number of hydrogen-bond acceptors (Lipinski definition) is 4. The third-order valence-corrected chi connectivity index (χ3v) is 4.92. The highest BCUT2D eigenvalue weighted by Gasteiger charge is 2.29. The number of hydrogen-bond donors (Lipinski definition) is 2. The van der Waals surface area contributed by atoms with Crippen LogP contribution in [-0.2, 0) is 16.1 Å². The summed E-state index contributed by atoms with van der Waals surface area (Å²) in [4.78, 5) is 24.8. The van der Waals surface area contributed by atoms with Crippen LogP contribution in [0.15, 0.2) is 47.1 Å². The molecular weight excluding hydrogens is 344 g/mol. The van der Waals surface area contributed by atoms with E-state index in [0.717, 1.165) is 42.9 Å². The second kappa shape index (κ2) is 9.26. The van der Waals surface area contributed by atoms with Crippen LogP contribution >= 0.6 is 0 Å². The average molecular weight is 370 g/mol. The number of ether oxygens (including phenoxy) is 1. The predicted molar refractivity (Wildman–Crippen MR) is 102 cm³/mol. The fourth-order valence-corrected chi connectivity index (χ4v) is 3.40. The molecule has 1 heterocycles.